The third-order valence-corrected chi connectivity index (χ3v) is 2.74. The Kier molecular flexibility index (Phi) is 2.72. The predicted molar refractivity (Wildman–Crippen MR) is 45.5 cm³/mol. The lowest BCUT2D eigenvalue weighted by atomic mass is 10.5. The first-order valence-electron chi connectivity index (χ1n) is 2.97. The lowest BCUT2D eigenvalue weighted by Gasteiger charge is -2.08. The minimum atomic E-state index is 0.559. The van der Waals surface area contributed by atoms with Gasteiger partial charge in [-0.2, -0.15) is 8.92 Å². The van der Waals surface area contributed by atoms with Gasteiger partial charge in [0.25, 0.3) is 0 Å². The molecule has 0 bridgehead atoms. The van der Waals surface area contributed by atoms with Crippen LogP contribution in [-0.2, 0) is 0 Å². The normalized spacial score (nSPS) is 25.6. The second-order valence-electron chi connectivity index (χ2n) is 1.73. The van der Waals surface area contributed by atoms with Crippen LogP contribution >= 0.6 is 23.9 Å². The highest BCUT2D eigenvalue weighted by Crippen LogP contribution is 2.29. The summed E-state index contributed by atoms with van der Waals surface area (Å²) in [5, 5.41) is 4.70. The molecule has 0 saturated heterocycles. The Hall–Kier alpha value is 0.170. The van der Waals surface area contributed by atoms with E-state index in [0.29, 0.717) is 5.25 Å². The standard InChI is InChI=1S/C5H10N2S2/c1-3-8-7-6-4-5(2)9-7/h4-5H,3H2,1-2H3. The maximum atomic E-state index is 4.14. The van der Waals surface area contributed by atoms with Gasteiger partial charge >= 0.3 is 0 Å². The maximum absolute atomic E-state index is 4.14. The Morgan fingerprint density at radius 3 is 3.11 bits per heavy atom. The zero-order valence-corrected chi connectivity index (χ0v) is 7.21. The third kappa shape index (κ3) is 2.10. The third-order valence-electron chi connectivity index (χ3n) is 0.867. The molecule has 0 fully saturated rings. The number of hydrogen-bond donors (Lipinski definition) is 0. The van der Waals surface area contributed by atoms with Gasteiger partial charge in [0, 0.05) is 12.0 Å². The fraction of sp³-hybridized carbons (Fsp3) is 0.800. The van der Waals surface area contributed by atoms with Crippen molar-refractivity contribution in [2.24, 2.45) is 5.10 Å². The number of rotatable bonds is 2. The number of hydrogen-bond acceptors (Lipinski definition) is 4. The lowest BCUT2D eigenvalue weighted by Crippen LogP contribution is -1.94. The van der Waals surface area contributed by atoms with E-state index in [0.717, 1.165) is 5.75 Å². The van der Waals surface area contributed by atoms with Crippen molar-refractivity contribution in [2.45, 2.75) is 19.1 Å². The molecule has 1 heterocycles. The Morgan fingerprint density at radius 1 is 1.89 bits per heavy atom. The average Bonchev–Trinajstić information content (AvgIpc) is 2.17. The van der Waals surface area contributed by atoms with Crippen LogP contribution in [0.1, 0.15) is 13.8 Å². The van der Waals surface area contributed by atoms with E-state index >= 15 is 0 Å². The molecule has 0 aromatic rings. The van der Waals surface area contributed by atoms with Gasteiger partial charge in [0.1, 0.15) is 0 Å². The molecule has 4 heteroatoms. The van der Waals surface area contributed by atoms with Crippen LogP contribution in [0.5, 0.6) is 0 Å². The van der Waals surface area contributed by atoms with Crippen molar-refractivity contribution in [1.82, 2.24) is 3.82 Å². The Morgan fingerprint density at radius 2 is 2.67 bits per heavy atom. The van der Waals surface area contributed by atoms with Crippen molar-refractivity contribution in [3.63, 3.8) is 0 Å². The van der Waals surface area contributed by atoms with Crippen LogP contribution in [0.2, 0.25) is 0 Å². The molecule has 0 radical (unpaired) electrons. The summed E-state index contributed by atoms with van der Waals surface area (Å²) in [6.07, 6.45) is 1.97. The molecular formula is C5H10N2S2. The summed E-state index contributed by atoms with van der Waals surface area (Å²) in [6, 6.07) is 0. The van der Waals surface area contributed by atoms with Gasteiger partial charge in [0.2, 0.25) is 0 Å². The first kappa shape index (κ1) is 7.28. The topological polar surface area (TPSA) is 15.6 Å². The van der Waals surface area contributed by atoms with Gasteiger partial charge in [-0.15, -0.1) is 0 Å². The summed E-state index contributed by atoms with van der Waals surface area (Å²) in [5.74, 6) is 1.09. The molecule has 1 rings (SSSR count). The van der Waals surface area contributed by atoms with E-state index in [2.05, 4.69) is 18.9 Å². The molecule has 0 aromatic carbocycles. The van der Waals surface area contributed by atoms with Crippen molar-refractivity contribution in [2.75, 3.05) is 5.75 Å². The van der Waals surface area contributed by atoms with Crippen LogP contribution < -0.4 is 0 Å². The summed E-state index contributed by atoms with van der Waals surface area (Å²) < 4.78 is 1.96. The quantitative estimate of drug-likeness (QED) is 0.577. The molecule has 1 aliphatic heterocycles. The van der Waals surface area contributed by atoms with Crippen LogP contribution in [0, 0.1) is 0 Å². The van der Waals surface area contributed by atoms with Crippen molar-refractivity contribution < 1.29 is 0 Å². The van der Waals surface area contributed by atoms with Gasteiger partial charge in [0.05, 0.1) is 5.25 Å². The molecule has 0 aromatic heterocycles. The van der Waals surface area contributed by atoms with Crippen molar-refractivity contribution in [3.05, 3.63) is 0 Å². The highest BCUT2D eigenvalue weighted by atomic mass is 32.2. The molecule has 0 aliphatic carbocycles. The van der Waals surface area contributed by atoms with Gasteiger partial charge in [0.15, 0.2) is 0 Å². The summed E-state index contributed by atoms with van der Waals surface area (Å²) in [4.78, 5) is 0. The van der Waals surface area contributed by atoms with E-state index in [-0.39, 0.29) is 0 Å². The van der Waals surface area contributed by atoms with E-state index in [9.17, 15) is 0 Å². The first-order chi connectivity index (χ1) is 4.33. The Labute approximate surface area is 64.3 Å². The molecule has 1 aliphatic rings. The summed E-state index contributed by atoms with van der Waals surface area (Å²) in [7, 11) is 0. The highest BCUT2D eigenvalue weighted by Gasteiger charge is 2.12. The largest absolute Gasteiger partial charge is 0.179 e. The molecule has 1 atom stereocenters. The molecule has 52 valence electrons. The van der Waals surface area contributed by atoms with Crippen LogP contribution in [0.15, 0.2) is 5.10 Å². The Bertz CT molecular complexity index is 116. The average molecular weight is 162 g/mol. The fourth-order valence-electron chi connectivity index (χ4n) is 0.519. The molecule has 0 saturated carbocycles. The van der Waals surface area contributed by atoms with E-state index in [1.165, 1.54) is 0 Å². The minimum absolute atomic E-state index is 0.559. The zero-order valence-electron chi connectivity index (χ0n) is 5.57. The van der Waals surface area contributed by atoms with Crippen molar-refractivity contribution in [1.29, 1.82) is 0 Å². The van der Waals surface area contributed by atoms with Crippen LogP contribution in [-0.4, -0.2) is 21.0 Å². The highest BCUT2D eigenvalue weighted by molar-refractivity contribution is 8.12. The maximum Gasteiger partial charge on any atom is 0.0616 e. The zero-order chi connectivity index (χ0) is 6.69. The van der Waals surface area contributed by atoms with Gasteiger partial charge in [-0.25, -0.2) is 0 Å². The molecule has 0 amide bonds. The molecular weight excluding hydrogens is 152 g/mol. The molecule has 0 spiro atoms. The van der Waals surface area contributed by atoms with Crippen LogP contribution in [0.3, 0.4) is 0 Å². The predicted octanol–water partition coefficient (Wildman–Crippen LogP) is 1.99. The van der Waals surface area contributed by atoms with Crippen LogP contribution in [0.4, 0.5) is 0 Å². The van der Waals surface area contributed by atoms with E-state index < -0.39 is 0 Å². The summed E-state index contributed by atoms with van der Waals surface area (Å²) in [6.45, 7) is 4.27. The summed E-state index contributed by atoms with van der Waals surface area (Å²) in [5.41, 5.74) is 0. The van der Waals surface area contributed by atoms with Gasteiger partial charge in [-0.3, -0.25) is 0 Å². The molecule has 0 N–H and O–H groups in total. The van der Waals surface area contributed by atoms with Gasteiger partial charge in [-0.05, 0) is 30.8 Å². The van der Waals surface area contributed by atoms with E-state index in [1.54, 1.807) is 23.9 Å². The number of nitrogens with zero attached hydrogens (tertiary/aromatic N) is 2. The smallest absolute Gasteiger partial charge is 0.0616 e. The fourth-order valence-corrected chi connectivity index (χ4v) is 2.33. The minimum Gasteiger partial charge on any atom is -0.179 e. The molecule has 9 heavy (non-hydrogen) atoms. The van der Waals surface area contributed by atoms with E-state index in [4.69, 9.17) is 0 Å². The first-order valence-corrected chi connectivity index (χ1v) is 4.74. The van der Waals surface area contributed by atoms with Crippen LogP contribution in [0.25, 0.3) is 0 Å². The monoisotopic (exact) mass is 162 g/mol. The van der Waals surface area contributed by atoms with E-state index in [1.807, 2.05) is 10.0 Å². The van der Waals surface area contributed by atoms with Gasteiger partial charge in [-0.1, -0.05) is 6.92 Å². The Balaban J connectivity index is 2.24. The van der Waals surface area contributed by atoms with Crippen molar-refractivity contribution >= 4 is 30.1 Å². The van der Waals surface area contributed by atoms with Crippen molar-refractivity contribution in [3.8, 4) is 0 Å². The van der Waals surface area contributed by atoms with Gasteiger partial charge < -0.3 is 0 Å². The second-order valence-corrected chi connectivity index (χ2v) is 4.44. The number of hydrazone groups is 1. The second kappa shape index (κ2) is 3.37. The summed E-state index contributed by atoms with van der Waals surface area (Å²) >= 11 is 3.51. The lowest BCUT2D eigenvalue weighted by molar-refractivity contribution is 0.841. The SMILES string of the molecule is CCSN1N=CC(C)S1. The molecule has 1 unspecified atom stereocenters. The molecule has 2 nitrogen and oxygen atoms in total.